The molecule has 84 valence electrons. The van der Waals surface area contributed by atoms with Crippen LogP contribution in [0.25, 0.3) is 0 Å². The third-order valence-corrected chi connectivity index (χ3v) is 2.26. The van der Waals surface area contributed by atoms with Gasteiger partial charge in [0.2, 0.25) is 0 Å². The van der Waals surface area contributed by atoms with Gasteiger partial charge in [0.1, 0.15) is 0 Å². The van der Waals surface area contributed by atoms with E-state index in [1.54, 1.807) is 13.8 Å². The number of aryl methyl sites for hydroxylation is 1. The first-order chi connectivity index (χ1) is 7.56. The fraction of sp³-hybridized carbons (Fsp3) is 0.455. The summed E-state index contributed by atoms with van der Waals surface area (Å²) in [6.45, 7) is 5.12. The topological polar surface area (TPSA) is 75.9 Å². The van der Waals surface area contributed by atoms with Crippen molar-refractivity contribution in [1.82, 2.24) is 9.97 Å². The Bertz CT molecular complexity index is 439. The SMILES string of the molecule is CCOC(=O)C(C)(C#N)c1nccnc1C. The molecule has 16 heavy (non-hydrogen) atoms. The lowest BCUT2D eigenvalue weighted by Crippen LogP contribution is -2.34. The van der Waals surface area contributed by atoms with E-state index in [-0.39, 0.29) is 6.61 Å². The van der Waals surface area contributed by atoms with E-state index in [4.69, 9.17) is 10.00 Å². The fourth-order valence-corrected chi connectivity index (χ4v) is 1.37. The molecule has 0 fully saturated rings. The Morgan fingerprint density at radius 1 is 1.56 bits per heavy atom. The number of carbonyl (C=O) groups excluding carboxylic acids is 1. The first-order valence-electron chi connectivity index (χ1n) is 4.92. The summed E-state index contributed by atoms with van der Waals surface area (Å²) in [4.78, 5) is 19.8. The molecule has 0 aliphatic carbocycles. The summed E-state index contributed by atoms with van der Waals surface area (Å²) in [7, 11) is 0. The number of aromatic nitrogens is 2. The zero-order valence-electron chi connectivity index (χ0n) is 9.52. The first kappa shape index (κ1) is 12.1. The van der Waals surface area contributed by atoms with E-state index in [0.29, 0.717) is 11.4 Å². The van der Waals surface area contributed by atoms with E-state index in [9.17, 15) is 4.79 Å². The van der Waals surface area contributed by atoms with Gasteiger partial charge in [-0.15, -0.1) is 0 Å². The van der Waals surface area contributed by atoms with Crippen LogP contribution in [-0.4, -0.2) is 22.5 Å². The van der Waals surface area contributed by atoms with Crippen LogP contribution in [0.3, 0.4) is 0 Å². The molecule has 1 rings (SSSR count). The molecule has 0 amide bonds. The van der Waals surface area contributed by atoms with E-state index < -0.39 is 11.4 Å². The maximum Gasteiger partial charge on any atom is 0.332 e. The lowest BCUT2D eigenvalue weighted by molar-refractivity contribution is -0.147. The molecule has 1 atom stereocenters. The molecule has 0 aliphatic heterocycles. The minimum Gasteiger partial charge on any atom is -0.465 e. The summed E-state index contributed by atoms with van der Waals surface area (Å²) in [5.41, 5.74) is -0.496. The summed E-state index contributed by atoms with van der Waals surface area (Å²) in [5, 5.41) is 9.14. The van der Waals surface area contributed by atoms with Crippen molar-refractivity contribution in [2.45, 2.75) is 26.2 Å². The van der Waals surface area contributed by atoms with Crippen molar-refractivity contribution < 1.29 is 9.53 Å². The van der Waals surface area contributed by atoms with Crippen LogP contribution in [0.2, 0.25) is 0 Å². The maximum absolute atomic E-state index is 11.7. The number of nitrogens with zero attached hydrogens (tertiary/aromatic N) is 3. The van der Waals surface area contributed by atoms with Crippen molar-refractivity contribution in [3.8, 4) is 6.07 Å². The van der Waals surface area contributed by atoms with E-state index in [1.807, 2.05) is 6.07 Å². The Hall–Kier alpha value is -1.96. The average molecular weight is 219 g/mol. The second kappa shape index (κ2) is 4.71. The lowest BCUT2D eigenvalue weighted by atomic mass is 9.87. The standard InChI is InChI=1S/C11H13N3O2/c1-4-16-10(15)11(3,7-12)9-8(2)13-5-6-14-9/h5-6H,4H2,1-3H3. The van der Waals surface area contributed by atoms with Gasteiger partial charge < -0.3 is 4.74 Å². The van der Waals surface area contributed by atoms with Crippen LogP contribution in [0.5, 0.6) is 0 Å². The van der Waals surface area contributed by atoms with Crippen LogP contribution in [0.15, 0.2) is 12.4 Å². The molecular weight excluding hydrogens is 206 g/mol. The van der Waals surface area contributed by atoms with Gasteiger partial charge in [-0.1, -0.05) is 0 Å². The predicted octanol–water partition coefficient (Wildman–Crippen LogP) is 1.13. The molecule has 0 spiro atoms. The van der Waals surface area contributed by atoms with Gasteiger partial charge in [0, 0.05) is 12.4 Å². The van der Waals surface area contributed by atoms with Gasteiger partial charge in [0.05, 0.1) is 24.1 Å². The van der Waals surface area contributed by atoms with Crippen molar-refractivity contribution in [3.05, 3.63) is 23.8 Å². The number of nitriles is 1. The molecule has 0 aromatic carbocycles. The minimum absolute atomic E-state index is 0.232. The summed E-state index contributed by atoms with van der Waals surface area (Å²) < 4.78 is 4.88. The predicted molar refractivity (Wildman–Crippen MR) is 56.4 cm³/mol. The van der Waals surface area contributed by atoms with Crippen LogP contribution < -0.4 is 0 Å². The first-order valence-corrected chi connectivity index (χ1v) is 4.92. The van der Waals surface area contributed by atoms with Crippen LogP contribution >= 0.6 is 0 Å². The summed E-state index contributed by atoms with van der Waals surface area (Å²) >= 11 is 0. The normalized spacial score (nSPS) is 13.6. The molecule has 0 saturated heterocycles. The van der Waals surface area contributed by atoms with E-state index in [2.05, 4.69) is 9.97 Å². The highest BCUT2D eigenvalue weighted by Gasteiger charge is 2.40. The van der Waals surface area contributed by atoms with Crippen molar-refractivity contribution in [2.75, 3.05) is 6.61 Å². The van der Waals surface area contributed by atoms with Gasteiger partial charge in [-0.25, -0.2) is 4.79 Å². The molecule has 1 aromatic heterocycles. The molecule has 0 aliphatic rings. The highest BCUT2D eigenvalue weighted by atomic mass is 16.5. The molecule has 0 saturated carbocycles. The van der Waals surface area contributed by atoms with Crippen LogP contribution in [-0.2, 0) is 14.9 Å². The molecule has 0 radical (unpaired) electrons. The highest BCUT2D eigenvalue weighted by Crippen LogP contribution is 2.24. The Morgan fingerprint density at radius 2 is 2.19 bits per heavy atom. The van der Waals surface area contributed by atoms with Crippen LogP contribution in [0.4, 0.5) is 0 Å². The molecule has 5 heteroatoms. The zero-order valence-corrected chi connectivity index (χ0v) is 9.52. The van der Waals surface area contributed by atoms with Crippen LogP contribution in [0.1, 0.15) is 25.2 Å². The number of ether oxygens (including phenoxy) is 1. The molecule has 5 nitrogen and oxygen atoms in total. The Balaban J connectivity index is 3.21. The monoisotopic (exact) mass is 219 g/mol. The van der Waals surface area contributed by atoms with Crippen LogP contribution in [0, 0.1) is 18.3 Å². The van der Waals surface area contributed by atoms with Gasteiger partial charge in [-0.05, 0) is 20.8 Å². The van der Waals surface area contributed by atoms with Crippen molar-refractivity contribution >= 4 is 5.97 Å². The molecular formula is C11H13N3O2. The van der Waals surface area contributed by atoms with E-state index in [0.717, 1.165) is 0 Å². The third-order valence-electron chi connectivity index (χ3n) is 2.26. The van der Waals surface area contributed by atoms with E-state index in [1.165, 1.54) is 19.3 Å². The Morgan fingerprint density at radius 3 is 2.69 bits per heavy atom. The lowest BCUT2D eigenvalue weighted by Gasteiger charge is -2.19. The smallest absolute Gasteiger partial charge is 0.332 e. The Labute approximate surface area is 94.1 Å². The number of carbonyl (C=O) groups is 1. The maximum atomic E-state index is 11.7. The van der Waals surface area contributed by atoms with Gasteiger partial charge in [0.25, 0.3) is 0 Å². The van der Waals surface area contributed by atoms with E-state index >= 15 is 0 Å². The van der Waals surface area contributed by atoms with Gasteiger partial charge in [0.15, 0.2) is 5.41 Å². The molecule has 1 heterocycles. The molecule has 1 unspecified atom stereocenters. The largest absolute Gasteiger partial charge is 0.465 e. The highest BCUT2D eigenvalue weighted by molar-refractivity contribution is 5.85. The number of rotatable bonds is 3. The second-order valence-electron chi connectivity index (χ2n) is 3.45. The zero-order chi connectivity index (χ0) is 12.2. The second-order valence-corrected chi connectivity index (χ2v) is 3.45. The average Bonchev–Trinajstić information content (AvgIpc) is 2.29. The summed E-state index contributed by atoms with van der Waals surface area (Å²) in [6.07, 6.45) is 2.97. The quantitative estimate of drug-likeness (QED) is 0.712. The van der Waals surface area contributed by atoms with Gasteiger partial charge >= 0.3 is 5.97 Å². The number of hydrogen-bond acceptors (Lipinski definition) is 5. The third kappa shape index (κ3) is 2.01. The summed E-state index contributed by atoms with van der Waals surface area (Å²) in [6, 6.07) is 1.94. The van der Waals surface area contributed by atoms with Crippen molar-refractivity contribution in [1.29, 1.82) is 5.26 Å². The summed E-state index contributed by atoms with van der Waals surface area (Å²) in [5.74, 6) is -0.596. The van der Waals surface area contributed by atoms with Gasteiger partial charge in [-0.3, -0.25) is 9.97 Å². The molecule has 0 bridgehead atoms. The number of esters is 1. The van der Waals surface area contributed by atoms with Crippen molar-refractivity contribution in [3.63, 3.8) is 0 Å². The number of hydrogen-bond donors (Lipinski definition) is 0. The van der Waals surface area contributed by atoms with Crippen molar-refractivity contribution in [2.24, 2.45) is 0 Å². The molecule has 0 N–H and O–H groups in total. The minimum atomic E-state index is -1.39. The van der Waals surface area contributed by atoms with Gasteiger partial charge in [-0.2, -0.15) is 5.26 Å². The fourth-order valence-electron chi connectivity index (χ4n) is 1.37. The Kier molecular flexibility index (Phi) is 3.56. The molecule has 1 aromatic rings.